The van der Waals surface area contributed by atoms with Crippen LogP contribution in [-0.4, -0.2) is 45.8 Å². The maximum absolute atomic E-state index is 8.91. The van der Waals surface area contributed by atoms with E-state index in [1.165, 1.54) is 0 Å². The molecule has 0 aliphatic rings. The van der Waals surface area contributed by atoms with E-state index in [9.17, 15) is 0 Å². The van der Waals surface area contributed by atoms with Gasteiger partial charge in [0.25, 0.3) is 0 Å². The van der Waals surface area contributed by atoms with Crippen LogP contribution in [0.25, 0.3) is 0 Å². The molecule has 62 valence electrons. The highest BCUT2D eigenvalue weighted by Gasteiger charge is 2.20. The van der Waals surface area contributed by atoms with Crippen LogP contribution in [0.4, 0.5) is 0 Å². The van der Waals surface area contributed by atoms with E-state index in [2.05, 4.69) is 0 Å². The van der Waals surface area contributed by atoms with Crippen molar-refractivity contribution in [2.24, 2.45) is 5.92 Å². The minimum absolute atomic E-state index is 0.391. The van der Waals surface area contributed by atoms with Gasteiger partial charge in [-0.05, 0) is 0 Å². The minimum Gasteiger partial charge on any atom is -0.394 e. The Balaban J connectivity index is 3.69. The van der Waals surface area contributed by atoms with Gasteiger partial charge in [0, 0.05) is 5.92 Å². The quantitative estimate of drug-likeness (QED) is 0.386. The Morgan fingerprint density at radius 2 is 1.30 bits per heavy atom. The molecule has 0 aromatic heterocycles. The second-order valence-corrected chi connectivity index (χ2v) is 2.36. The number of aliphatic hydroxyl groups is 4. The summed E-state index contributed by atoms with van der Waals surface area (Å²) in [6.45, 7) is 0.776. The summed E-state index contributed by atoms with van der Waals surface area (Å²) < 4.78 is 0. The number of hydrogen-bond donors (Lipinski definition) is 4. The minimum atomic E-state index is -0.956. The zero-order valence-electron chi connectivity index (χ0n) is 5.94. The third-order valence-electron chi connectivity index (χ3n) is 1.59. The fourth-order valence-corrected chi connectivity index (χ4v) is 0.589. The van der Waals surface area contributed by atoms with Gasteiger partial charge in [0.15, 0.2) is 0 Å². The van der Waals surface area contributed by atoms with Crippen molar-refractivity contribution in [3.8, 4) is 0 Å². The summed E-state index contributed by atoms with van der Waals surface area (Å²) in [7, 11) is 0. The zero-order valence-corrected chi connectivity index (χ0v) is 5.94. The van der Waals surface area contributed by atoms with Gasteiger partial charge in [0.1, 0.15) is 0 Å². The van der Waals surface area contributed by atoms with Crippen molar-refractivity contribution in [2.45, 2.75) is 19.1 Å². The van der Waals surface area contributed by atoms with E-state index in [1.54, 1.807) is 6.92 Å². The van der Waals surface area contributed by atoms with Crippen molar-refractivity contribution in [3.05, 3.63) is 0 Å². The monoisotopic (exact) mass is 150 g/mol. The largest absolute Gasteiger partial charge is 0.394 e. The zero-order chi connectivity index (χ0) is 8.15. The molecule has 0 aliphatic heterocycles. The fraction of sp³-hybridized carbons (Fsp3) is 1.00. The van der Waals surface area contributed by atoms with E-state index < -0.39 is 31.3 Å². The SMILES string of the molecule is C[C@@H]([C@H](O)CO)[C@@H](O)CO. The molecule has 3 atom stereocenters. The van der Waals surface area contributed by atoms with Crippen LogP contribution < -0.4 is 0 Å². The Morgan fingerprint density at radius 1 is 1.00 bits per heavy atom. The van der Waals surface area contributed by atoms with Crippen LogP contribution in [-0.2, 0) is 0 Å². The summed E-state index contributed by atoms with van der Waals surface area (Å²) in [6, 6.07) is 0. The lowest BCUT2D eigenvalue weighted by Crippen LogP contribution is -2.34. The molecule has 0 aromatic carbocycles. The van der Waals surface area contributed by atoms with Crippen molar-refractivity contribution < 1.29 is 20.4 Å². The lowest BCUT2D eigenvalue weighted by atomic mass is 9.99. The van der Waals surface area contributed by atoms with E-state index in [1.807, 2.05) is 0 Å². The van der Waals surface area contributed by atoms with Gasteiger partial charge in [-0.3, -0.25) is 0 Å². The molecule has 0 rings (SSSR count). The molecular formula is C6H14O4. The first-order valence-electron chi connectivity index (χ1n) is 3.21. The van der Waals surface area contributed by atoms with Crippen LogP contribution in [0.3, 0.4) is 0 Å². The molecule has 4 nitrogen and oxygen atoms in total. The standard InChI is InChI=1S/C6H14O4/c1-4(5(9)2-7)6(10)3-8/h4-10H,2-3H2,1H3/t4-,5+,6-. The summed E-state index contributed by atoms with van der Waals surface area (Å²) in [5.41, 5.74) is 0. The molecule has 0 saturated heterocycles. The van der Waals surface area contributed by atoms with E-state index in [-0.39, 0.29) is 0 Å². The molecule has 0 unspecified atom stereocenters. The molecule has 0 amide bonds. The van der Waals surface area contributed by atoms with E-state index in [4.69, 9.17) is 20.4 Å². The Hall–Kier alpha value is -0.160. The van der Waals surface area contributed by atoms with Gasteiger partial charge in [-0.1, -0.05) is 6.92 Å². The van der Waals surface area contributed by atoms with Gasteiger partial charge in [-0.15, -0.1) is 0 Å². The highest BCUT2D eigenvalue weighted by atomic mass is 16.3. The van der Waals surface area contributed by atoms with Crippen molar-refractivity contribution in [1.82, 2.24) is 0 Å². The van der Waals surface area contributed by atoms with E-state index in [0.29, 0.717) is 0 Å². The van der Waals surface area contributed by atoms with Crippen molar-refractivity contribution >= 4 is 0 Å². The summed E-state index contributed by atoms with van der Waals surface area (Å²) in [6.07, 6.45) is -1.91. The van der Waals surface area contributed by atoms with Gasteiger partial charge in [0.05, 0.1) is 25.4 Å². The van der Waals surface area contributed by atoms with Crippen LogP contribution in [0, 0.1) is 5.92 Å². The van der Waals surface area contributed by atoms with Gasteiger partial charge in [-0.25, -0.2) is 0 Å². The van der Waals surface area contributed by atoms with Crippen LogP contribution in [0.1, 0.15) is 6.92 Å². The highest BCUT2D eigenvalue weighted by Crippen LogP contribution is 2.07. The maximum Gasteiger partial charge on any atom is 0.0821 e. The average molecular weight is 150 g/mol. The first-order chi connectivity index (χ1) is 4.63. The topological polar surface area (TPSA) is 80.9 Å². The smallest absolute Gasteiger partial charge is 0.0821 e. The van der Waals surface area contributed by atoms with Crippen LogP contribution in [0.15, 0.2) is 0 Å². The van der Waals surface area contributed by atoms with Gasteiger partial charge < -0.3 is 20.4 Å². The molecule has 4 N–H and O–H groups in total. The summed E-state index contributed by atoms with van der Waals surface area (Å²) in [5.74, 6) is -0.491. The summed E-state index contributed by atoms with van der Waals surface area (Å²) in [5, 5.41) is 34.6. The maximum atomic E-state index is 8.91. The molecular weight excluding hydrogens is 136 g/mol. The normalized spacial score (nSPS) is 20.1. The molecule has 0 saturated carbocycles. The van der Waals surface area contributed by atoms with Crippen LogP contribution >= 0.6 is 0 Å². The predicted molar refractivity (Wildman–Crippen MR) is 35.3 cm³/mol. The Labute approximate surface area is 59.7 Å². The molecule has 0 radical (unpaired) electrons. The van der Waals surface area contributed by atoms with Gasteiger partial charge in [-0.2, -0.15) is 0 Å². The molecule has 0 bridgehead atoms. The molecule has 0 aromatic rings. The second kappa shape index (κ2) is 4.62. The molecule has 4 heteroatoms. The van der Waals surface area contributed by atoms with Gasteiger partial charge in [0.2, 0.25) is 0 Å². The number of hydrogen-bond acceptors (Lipinski definition) is 4. The van der Waals surface area contributed by atoms with E-state index >= 15 is 0 Å². The summed E-state index contributed by atoms with van der Waals surface area (Å²) in [4.78, 5) is 0. The Kier molecular flexibility index (Phi) is 4.55. The van der Waals surface area contributed by atoms with Crippen molar-refractivity contribution in [1.29, 1.82) is 0 Å². The molecule has 10 heavy (non-hydrogen) atoms. The lowest BCUT2D eigenvalue weighted by Gasteiger charge is -2.20. The highest BCUT2D eigenvalue weighted by molar-refractivity contribution is 4.70. The predicted octanol–water partition coefficient (Wildman–Crippen LogP) is -1.67. The first kappa shape index (κ1) is 9.84. The fourth-order valence-electron chi connectivity index (χ4n) is 0.589. The molecule has 0 spiro atoms. The number of rotatable bonds is 4. The number of aliphatic hydroxyl groups excluding tert-OH is 4. The van der Waals surface area contributed by atoms with Crippen LogP contribution in [0.2, 0.25) is 0 Å². The molecule has 0 fully saturated rings. The molecule has 0 heterocycles. The summed E-state index contributed by atoms with van der Waals surface area (Å²) >= 11 is 0. The Morgan fingerprint density at radius 3 is 1.50 bits per heavy atom. The Bertz CT molecular complexity index is 75.8. The van der Waals surface area contributed by atoms with Crippen molar-refractivity contribution in [3.63, 3.8) is 0 Å². The van der Waals surface area contributed by atoms with Gasteiger partial charge >= 0.3 is 0 Å². The van der Waals surface area contributed by atoms with Crippen LogP contribution in [0.5, 0.6) is 0 Å². The first-order valence-corrected chi connectivity index (χ1v) is 3.21. The second-order valence-electron chi connectivity index (χ2n) is 2.36. The molecule has 0 aliphatic carbocycles. The third kappa shape index (κ3) is 2.62. The lowest BCUT2D eigenvalue weighted by molar-refractivity contribution is -0.0286. The van der Waals surface area contributed by atoms with E-state index in [0.717, 1.165) is 0 Å². The third-order valence-corrected chi connectivity index (χ3v) is 1.59. The van der Waals surface area contributed by atoms with Crippen molar-refractivity contribution in [2.75, 3.05) is 13.2 Å². The average Bonchev–Trinajstić information content (AvgIpc) is 2.00.